The lowest BCUT2D eigenvalue weighted by Gasteiger charge is -2.36. The normalized spacial score (nSPS) is 21.0. The zero-order chi connectivity index (χ0) is 12.5. The van der Waals surface area contributed by atoms with E-state index >= 15 is 0 Å². The summed E-state index contributed by atoms with van der Waals surface area (Å²) < 4.78 is 6.28. The van der Waals surface area contributed by atoms with Crippen LogP contribution in [0.15, 0.2) is 6.07 Å². The lowest BCUT2D eigenvalue weighted by molar-refractivity contribution is 0.122. The van der Waals surface area contributed by atoms with Crippen LogP contribution in [-0.4, -0.2) is 60.6 Å². The Morgan fingerprint density at radius 2 is 1.94 bits per heavy atom. The van der Waals surface area contributed by atoms with Gasteiger partial charge in [-0.2, -0.15) is 4.98 Å². The van der Waals surface area contributed by atoms with E-state index in [0.717, 1.165) is 35.8 Å². The number of anilines is 2. The Labute approximate surface area is 119 Å². The molecule has 0 radical (unpaired) electrons. The van der Waals surface area contributed by atoms with Crippen molar-refractivity contribution in [3.8, 4) is 0 Å². The molecule has 3 heterocycles. The molecule has 1 N–H and O–H groups in total. The molecule has 0 saturated carbocycles. The summed E-state index contributed by atoms with van der Waals surface area (Å²) >= 11 is 2.21. The van der Waals surface area contributed by atoms with Crippen molar-refractivity contribution in [1.29, 1.82) is 0 Å². The van der Waals surface area contributed by atoms with Crippen LogP contribution in [0, 0.1) is 3.70 Å². The largest absolute Gasteiger partial charge is 0.389 e. The lowest BCUT2D eigenvalue weighted by Crippen LogP contribution is -2.51. The number of aliphatic hydroxyl groups excluding tert-OH is 1. The minimum Gasteiger partial charge on any atom is -0.389 e. The van der Waals surface area contributed by atoms with Gasteiger partial charge >= 0.3 is 0 Å². The van der Waals surface area contributed by atoms with Crippen LogP contribution < -0.4 is 9.80 Å². The van der Waals surface area contributed by atoms with Crippen LogP contribution in [0.1, 0.15) is 0 Å². The fourth-order valence-electron chi connectivity index (χ4n) is 2.11. The van der Waals surface area contributed by atoms with Gasteiger partial charge in [0.2, 0.25) is 5.95 Å². The molecule has 2 aliphatic heterocycles. The van der Waals surface area contributed by atoms with Crippen LogP contribution in [0.3, 0.4) is 0 Å². The van der Waals surface area contributed by atoms with Crippen LogP contribution in [0.4, 0.5) is 11.8 Å². The number of halogens is 1. The number of hydrogen-bond acceptors (Lipinski definition) is 6. The van der Waals surface area contributed by atoms with Gasteiger partial charge in [0.05, 0.1) is 19.3 Å². The zero-order valence-corrected chi connectivity index (χ0v) is 12.1. The van der Waals surface area contributed by atoms with Crippen molar-refractivity contribution in [2.24, 2.45) is 0 Å². The van der Waals surface area contributed by atoms with Gasteiger partial charge in [0.1, 0.15) is 9.52 Å². The molecule has 0 spiro atoms. The van der Waals surface area contributed by atoms with E-state index < -0.39 is 0 Å². The smallest absolute Gasteiger partial charge is 0.228 e. The molecule has 0 aromatic carbocycles. The zero-order valence-electron chi connectivity index (χ0n) is 9.92. The molecule has 2 aliphatic rings. The van der Waals surface area contributed by atoms with E-state index in [4.69, 9.17) is 4.74 Å². The number of aliphatic hydroxyl groups is 1. The van der Waals surface area contributed by atoms with Crippen LogP contribution in [-0.2, 0) is 4.74 Å². The van der Waals surface area contributed by atoms with E-state index in [1.807, 2.05) is 11.0 Å². The fourth-order valence-corrected chi connectivity index (χ4v) is 2.60. The molecule has 7 heteroatoms. The Hall–Kier alpha value is -0.670. The Morgan fingerprint density at radius 3 is 2.61 bits per heavy atom. The Kier molecular flexibility index (Phi) is 3.53. The summed E-state index contributed by atoms with van der Waals surface area (Å²) in [4.78, 5) is 13.2. The standard InChI is InChI=1S/C11H15IN4O2/c12-9-5-10(15-1-3-18-4-2-15)14-11(13-9)16-6-8(17)7-16/h5,8,17H,1-4,6-7H2. The first kappa shape index (κ1) is 12.4. The van der Waals surface area contributed by atoms with Crippen molar-refractivity contribution in [2.45, 2.75) is 6.10 Å². The quantitative estimate of drug-likeness (QED) is 0.595. The van der Waals surface area contributed by atoms with Crippen molar-refractivity contribution in [2.75, 3.05) is 49.2 Å². The van der Waals surface area contributed by atoms with Crippen molar-refractivity contribution >= 4 is 34.4 Å². The molecule has 3 rings (SSSR count). The molecule has 1 aromatic heterocycles. The van der Waals surface area contributed by atoms with Gasteiger partial charge in [0.15, 0.2) is 0 Å². The van der Waals surface area contributed by atoms with Crippen molar-refractivity contribution in [3.63, 3.8) is 0 Å². The maximum Gasteiger partial charge on any atom is 0.228 e. The molecular formula is C11H15IN4O2. The highest BCUT2D eigenvalue weighted by Gasteiger charge is 2.27. The lowest BCUT2D eigenvalue weighted by atomic mass is 10.2. The van der Waals surface area contributed by atoms with Crippen molar-refractivity contribution in [1.82, 2.24) is 9.97 Å². The molecule has 2 fully saturated rings. The number of β-amino-alcohol motifs (C(OH)–C–C–N with tert-alkyl or cyclic N) is 1. The second-order valence-electron chi connectivity index (χ2n) is 4.51. The molecule has 0 unspecified atom stereocenters. The number of rotatable bonds is 2. The average Bonchev–Trinajstić information content (AvgIpc) is 2.35. The van der Waals surface area contributed by atoms with E-state index in [9.17, 15) is 5.11 Å². The summed E-state index contributed by atoms with van der Waals surface area (Å²) in [5.41, 5.74) is 0. The fraction of sp³-hybridized carbons (Fsp3) is 0.636. The van der Waals surface area contributed by atoms with Gasteiger partial charge in [-0.15, -0.1) is 0 Å². The summed E-state index contributed by atoms with van der Waals surface area (Å²) in [6, 6.07) is 1.99. The molecule has 2 saturated heterocycles. The van der Waals surface area contributed by atoms with Crippen LogP contribution in [0.25, 0.3) is 0 Å². The highest BCUT2D eigenvalue weighted by molar-refractivity contribution is 14.1. The van der Waals surface area contributed by atoms with E-state index in [1.54, 1.807) is 0 Å². The maximum atomic E-state index is 9.34. The number of ether oxygens (including phenoxy) is 1. The summed E-state index contributed by atoms with van der Waals surface area (Å²) in [7, 11) is 0. The SMILES string of the molecule is OC1CN(c2nc(I)cc(N3CCOCC3)n2)C1. The van der Waals surface area contributed by atoms with E-state index in [2.05, 4.69) is 37.5 Å². The van der Waals surface area contributed by atoms with Crippen LogP contribution >= 0.6 is 22.6 Å². The van der Waals surface area contributed by atoms with Gasteiger partial charge in [0.25, 0.3) is 0 Å². The van der Waals surface area contributed by atoms with Crippen LogP contribution in [0.2, 0.25) is 0 Å². The summed E-state index contributed by atoms with van der Waals surface area (Å²) in [5, 5.41) is 9.34. The third-order valence-electron chi connectivity index (χ3n) is 3.15. The highest BCUT2D eigenvalue weighted by atomic mass is 127. The van der Waals surface area contributed by atoms with Gasteiger partial charge in [0, 0.05) is 32.2 Å². The van der Waals surface area contributed by atoms with E-state index in [0.29, 0.717) is 19.0 Å². The van der Waals surface area contributed by atoms with Gasteiger partial charge in [-0.1, -0.05) is 0 Å². The second-order valence-corrected chi connectivity index (χ2v) is 5.61. The molecule has 1 aromatic rings. The molecule has 18 heavy (non-hydrogen) atoms. The number of nitrogens with zero attached hydrogens (tertiary/aromatic N) is 4. The monoisotopic (exact) mass is 362 g/mol. The molecule has 6 nitrogen and oxygen atoms in total. The predicted molar refractivity (Wildman–Crippen MR) is 76.0 cm³/mol. The molecular weight excluding hydrogens is 347 g/mol. The topological polar surface area (TPSA) is 61.7 Å². The summed E-state index contributed by atoms with van der Waals surface area (Å²) in [5.74, 6) is 1.67. The second kappa shape index (κ2) is 5.14. The molecule has 0 bridgehead atoms. The van der Waals surface area contributed by atoms with Gasteiger partial charge in [-0.3, -0.25) is 0 Å². The molecule has 98 valence electrons. The summed E-state index contributed by atoms with van der Waals surface area (Å²) in [6.45, 7) is 4.49. The first-order chi connectivity index (χ1) is 8.72. The number of hydrogen-bond donors (Lipinski definition) is 1. The maximum absolute atomic E-state index is 9.34. The molecule has 0 amide bonds. The van der Waals surface area contributed by atoms with E-state index in [-0.39, 0.29) is 6.10 Å². The molecule has 0 aliphatic carbocycles. The Morgan fingerprint density at radius 1 is 1.22 bits per heavy atom. The third kappa shape index (κ3) is 2.52. The minimum absolute atomic E-state index is 0.238. The van der Waals surface area contributed by atoms with Gasteiger partial charge < -0.3 is 19.6 Å². The van der Waals surface area contributed by atoms with Gasteiger partial charge in [-0.25, -0.2) is 4.98 Å². The summed E-state index contributed by atoms with van der Waals surface area (Å²) in [6.07, 6.45) is -0.238. The number of aromatic nitrogens is 2. The number of morpholine rings is 1. The average molecular weight is 362 g/mol. The highest BCUT2D eigenvalue weighted by Crippen LogP contribution is 2.22. The first-order valence-electron chi connectivity index (χ1n) is 6.02. The van der Waals surface area contributed by atoms with Crippen molar-refractivity contribution < 1.29 is 9.84 Å². The Balaban J connectivity index is 1.81. The third-order valence-corrected chi connectivity index (χ3v) is 3.70. The predicted octanol–water partition coefficient (Wildman–Crippen LogP) is 0.0987. The van der Waals surface area contributed by atoms with Gasteiger partial charge in [-0.05, 0) is 22.6 Å². The Bertz CT molecular complexity index is 433. The van der Waals surface area contributed by atoms with Crippen LogP contribution in [0.5, 0.6) is 0 Å². The molecule has 0 atom stereocenters. The van der Waals surface area contributed by atoms with Crippen molar-refractivity contribution in [3.05, 3.63) is 9.77 Å². The van der Waals surface area contributed by atoms with E-state index in [1.165, 1.54) is 0 Å². The first-order valence-corrected chi connectivity index (χ1v) is 7.10. The minimum atomic E-state index is -0.238.